The van der Waals surface area contributed by atoms with Gasteiger partial charge in [0.15, 0.2) is 0 Å². The molecule has 1 fully saturated rings. The Kier molecular flexibility index (Phi) is 6.30. The van der Waals surface area contributed by atoms with E-state index in [-0.39, 0.29) is 24.3 Å². The molecule has 1 amide bonds. The predicted molar refractivity (Wildman–Crippen MR) is 111 cm³/mol. The van der Waals surface area contributed by atoms with Crippen molar-refractivity contribution in [1.29, 1.82) is 0 Å². The summed E-state index contributed by atoms with van der Waals surface area (Å²) in [6, 6.07) is 9.15. The largest absolute Gasteiger partial charge is 0.477 e. The number of hydrogen-bond donors (Lipinski definition) is 2. The van der Waals surface area contributed by atoms with Gasteiger partial charge in [0.05, 0.1) is 41.5 Å². The molecule has 4 rings (SSSR count). The van der Waals surface area contributed by atoms with E-state index in [0.29, 0.717) is 34.9 Å². The fourth-order valence-electron chi connectivity index (χ4n) is 3.38. The molecule has 9 heteroatoms. The number of ether oxygens (including phenoxy) is 2. The topological polar surface area (TPSA) is 84.8 Å². The molecule has 3 heterocycles. The fourth-order valence-corrected chi connectivity index (χ4v) is 3.69. The minimum Gasteiger partial charge on any atom is -0.477 e. The second kappa shape index (κ2) is 9.09. The van der Waals surface area contributed by atoms with Crippen LogP contribution >= 0.6 is 23.2 Å². The summed E-state index contributed by atoms with van der Waals surface area (Å²) in [5.41, 5.74) is 4.90. The minimum absolute atomic E-state index is 0.0484. The van der Waals surface area contributed by atoms with Gasteiger partial charge in [0.25, 0.3) is 0 Å². The molecule has 0 aliphatic carbocycles. The van der Waals surface area contributed by atoms with Gasteiger partial charge in [-0.25, -0.2) is 10.4 Å². The van der Waals surface area contributed by atoms with Crippen LogP contribution in [-0.4, -0.2) is 42.9 Å². The summed E-state index contributed by atoms with van der Waals surface area (Å²) in [6.07, 6.45) is 1.72. The summed E-state index contributed by atoms with van der Waals surface area (Å²) in [5.74, 6) is 0.402. The van der Waals surface area contributed by atoms with Gasteiger partial charge in [-0.15, -0.1) is 0 Å². The Balaban J connectivity index is 1.48. The summed E-state index contributed by atoms with van der Waals surface area (Å²) in [7, 11) is 0. The van der Waals surface area contributed by atoms with Crippen molar-refractivity contribution in [3.63, 3.8) is 0 Å². The van der Waals surface area contributed by atoms with E-state index in [1.807, 2.05) is 12.1 Å². The number of halogens is 2. The van der Waals surface area contributed by atoms with Crippen LogP contribution in [0.5, 0.6) is 5.88 Å². The highest BCUT2D eigenvalue weighted by molar-refractivity contribution is 6.42. The van der Waals surface area contributed by atoms with Crippen LogP contribution in [-0.2, 0) is 9.53 Å². The first-order valence-electron chi connectivity index (χ1n) is 9.32. The molecule has 0 radical (unpaired) electrons. The van der Waals surface area contributed by atoms with Gasteiger partial charge in [-0.3, -0.25) is 4.79 Å². The third-order valence-corrected chi connectivity index (χ3v) is 5.58. The maximum absolute atomic E-state index is 11.4. The van der Waals surface area contributed by atoms with Crippen LogP contribution in [0.25, 0.3) is 0 Å². The molecular formula is C20H20Cl2N4O3. The number of nitrogens with zero attached hydrogens (tertiary/aromatic N) is 2. The van der Waals surface area contributed by atoms with Crippen molar-refractivity contribution >= 4 is 34.8 Å². The van der Waals surface area contributed by atoms with Crippen LogP contribution in [0.2, 0.25) is 10.0 Å². The SMILES string of the molecule is O=C1CC(c2ccnc(OC[C@@H]3CNCCO[C@H]3c3ccc(Cl)c(Cl)c3)c2)=NN1. The maximum atomic E-state index is 11.4. The molecule has 0 saturated carbocycles. The minimum atomic E-state index is -0.177. The van der Waals surface area contributed by atoms with Crippen molar-refractivity contribution in [2.75, 3.05) is 26.3 Å². The van der Waals surface area contributed by atoms with Gasteiger partial charge in [-0.1, -0.05) is 29.3 Å². The third kappa shape index (κ3) is 4.87. The van der Waals surface area contributed by atoms with E-state index in [2.05, 4.69) is 20.8 Å². The Labute approximate surface area is 178 Å². The highest BCUT2D eigenvalue weighted by Crippen LogP contribution is 2.32. The molecule has 2 atom stereocenters. The molecule has 0 spiro atoms. The Morgan fingerprint density at radius 3 is 2.90 bits per heavy atom. The molecule has 1 aromatic heterocycles. The lowest BCUT2D eigenvalue weighted by Gasteiger charge is -2.25. The van der Waals surface area contributed by atoms with E-state index in [0.717, 1.165) is 24.2 Å². The van der Waals surface area contributed by atoms with Gasteiger partial charge in [-0.05, 0) is 23.8 Å². The van der Waals surface area contributed by atoms with Crippen molar-refractivity contribution in [2.24, 2.45) is 11.0 Å². The third-order valence-electron chi connectivity index (χ3n) is 4.84. The zero-order chi connectivity index (χ0) is 20.2. The lowest BCUT2D eigenvalue weighted by Crippen LogP contribution is -2.29. The number of nitrogens with one attached hydrogen (secondary N) is 2. The van der Waals surface area contributed by atoms with Crippen molar-refractivity contribution in [3.8, 4) is 5.88 Å². The molecule has 1 aromatic carbocycles. The number of rotatable bonds is 5. The molecular weight excluding hydrogens is 415 g/mol. The first kappa shape index (κ1) is 20.1. The monoisotopic (exact) mass is 434 g/mol. The van der Waals surface area contributed by atoms with Crippen LogP contribution in [0.3, 0.4) is 0 Å². The number of hydrazone groups is 1. The second-order valence-corrected chi connectivity index (χ2v) is 7.71. The summed E-state index contributed by atoms with van der Waals surface area (Å²) >= 11 is 12.3. The van der Waals surface area contributed by atoms with Crippen LogP contribution in [0.1, 0.15) is 23.7 Å². The van der Waals surface area contributed by atoms with Crippen molar-refractivity contribution in [3.05, 3.63) is 57.7 Å². The van der Waals surface area contributed by atoms with Crippen LogP contribution in [0, 0.1) is 5.92 Å². The van der Waals surface area contributed by atoms with E-state index in [4.69, 9.17) is 32.7 Å². The fraction of sp³-hybridized carbons (Fsp3) is 0.350. The lowest BCUT2D eigenvalue weighted by molar-refractivity contribution is -0.119. The Morgan fingerprint density at radius 2 is 2.10 bits per heavy atom. The Morgan fingerprint density at radius 1 is 1.21 bits per heavy atom. The molecule has 2 aliphatic rings. The number of benzene rings is 1. The van der Waals surface area contributed by atoms with Gasteiger partial charge < -0.3 is 14.8 Å². The first-order chi connectivity index (χ1) is 14.1. The second-order valence-electron chi connectivity index (χ2n) is 6.89. The standard InChI is InChI=1S/C20H20Cl2N4O3/c21-15-2-1-13(7-16(15)22)20-14(10-23-5-6-28-20)11-29-19-8-12(3-4-24-19)17-9-18(27)26-25-17/h1-4,7-8,14,20,23H,5-6,9-11H2,(H,26,27)/t14-,20-/m0/s1. The molecule has 1 saturated heterocycles. The van der Waals surface area contributed by atoms with Crippen LogP contribution < -0.4 is 15.5 Å². The molecule has 0 bridgehead atoms. The van der Waals surface area contributed by atoms with Crippen molar-refractivity contribution in [1.82, 2.24) is 15.7 Å². The van der Waals surface area contributed by atoms with Crippen LogP contribution in [0.4, 0.5) is 0 Å². The van der Waals surface area contributed by atoms with E-state index in [1.54, 1.807) is 24.4 Å². The molecule has 7 nitrogen and oxygen atoms in total. The van der Waals surface area contributed by atoms with Gasteiger partial charge in [0, 0.05) is 36.8 Å². The molecule has 2 aliphatic heterocycles. The lowest BCUT2D eigenvalue weighted by atomic mass is 9.96. The Hall–Kier alpha value is -2.19. The molecule has 2 N–H and O–H groups in total. The highest BCUT2D eigenvalue weighted by atomic mass is 35.5. The number of pyridine rings is 1. The summed E-state index contributed by atoms with van der Waals surface area (Å²) in [6.45, 7) is 2.49. The predicted octanol–water partition coefficient (Wildman–Crippen LogP) is 2.97. The van der Waals surface area contributed by atoms with Gasteiger partial charge in [-0.2, -0.15) is 5.10 Å². The quantitative estimate of drug-likeness (QED) is 0.755. The molecule has 2 aromatic rings. The van der Waals surface area contributed by atoms with E-state index >= 15 is 0 Å². The van der Waals surface area contributed by atoms with Gasteiger partial charge >= 0.3 is 0 Å². The van der Waals surface area contributed by atoms with Gasteiger partial charge in [0.1, 0.15) is 0 Å². The molecule has 152 valence electrons. The van der Waals surface area contributed by atoms with Crippen LogP contribution in [0.15, 0.2) is 41.6 Å². The summed E-state index contributed by atoms with van der Waals surface area (Å²) in [4.78, 5) is 15.7. The van der Waals surface area contributed by atoms with Crippen molar-refractivity contribution < 1.29 is 14.3 Å². The molecule has 29 heavy (non-hydrogen) atoms. The number of amides is 1. The number of hydrogen-bond acceptors (Lipinski definition) is 6. The Bertz CT molecular complexity index is 938. The van der Waals surface area contributed by atoms with Gasteiger partial charge in [0.2, 0.25) is 11.8 Å². The summed E-state index contributed by atoms with van der Waals surface area (Å²) in [5, 5.41) is 8.42. The highest BCUT2D eigenvalue weighted by Gasteiger charge is 2.27. The summed E-state index contributed by atoms with van der Waals surface area (Å²) < 4.78 is 12.1. The zero-order valence-corrected chi connectivity index (χ0v) is 17.0. The molecule has 0 unspecified atom stereocenters. The normalized spacial score (nSPS) is 22.0. The first-order valence-corrected chi connectivity index (χ1v) is 10.1. The van der Waals surface area contributed by atoms with E-state index in [9.17, 15) is 4.79 Å². The number of aromatic nitrogens is 1. The van der Waals surface area contributed by atoms with Crippen molar-refractivity contribution in [2.45, 2.75) is 12.5 Å². The number of carbonyl (C=O) groups excluding carboxylic acids is 1. The smallest absolute Gasteiger partial charge is 0.246 e. The average Bonchev–Trinajstić information content (AvgIpc) is 3.02. The number of carbonyl (C=O) groups is 1. The average molecular weight is 435 g/mol. The van der Waals surface area contributed by atoms with E-state index < -0.39 is 0 Å². The zero-order valence-electron chi connectivity index (χ0n) is 15.5. The van der Waals surface area contributed by atoms with E-state index in [1.165, 1.54) is 0 Å². The maximum Gasteiger partial charge on any atom is 0.246 e.